The van der Waals surface area contributed by atoms with E-state index in [0.717, 1.165) is 17.9 Å². The van der Waals surface area contributed by atoms with Crippen LogP contribution in [0.3, 0.4) is 0 Å². The fourth-order valence-corrected chi connectivity index (χ4v) is 1.32. The quantitative estimate of drug-likeness (QED) is 0.373. The van der Waals surface area contributed by atoms with Gasteiger partial charge in [-0.2, -0.15) is 0 Å². The van der Waals surface area contributed by atoms with Crippen LogP contribution in [0.15, 0.2) is 23.2 Å². The van der Waals surface area contributed by atoms with Gasteiger partial charge in [-0.15, -0.1) is 30.4 Å². The first-order chi connectivity index (χ1) is 8.26. The van der Waals surface area contributed by atoms with Crippen LogP contribution in [-0.2, 0) is 6.54 Å². The van der Waals surface area contributed by atoms with Gasteiger partial charge in [0.05, 0.1) is 18.8 Å². The van der Waals surface area contributed by atoms with E-state index in [1.165, 1.54) is 0 Å². The smallest absolute Gasteiger partial charge is 0.192 e. The summed E-state index contributed by atoms with van der Waals surface area (Å²) < 4.78 is 0. The van der Waals surface area contributed by atoms with Crippen LogP contribution >= 0.6 is 24.0 Å². The molecule has 0 aliphatic carbocycles. The molecule has 0 fully saturated rings. The molecule has 0 unspecified atom stereocenters. The number of aryl methyl sites for hydroxylation is 1. The summed E-state index contributed by atoms with van der Waals surface area (Å²) in [6, 6.07) is 5.91. The minimum absolute atomic E-state index is 0. The normalized spacial score (nSPS) is 10.2. The summed E-state index contributed by atoms with van der Waals surface area (Å²) in [5.74, 6) is 3.23. The largest absolute Gasteiger partial charge is 0.357 e. The van der Waals surface area contributed by atoms with Gasteiger partial charge in [0.15, 0.2) is 5.96 Å². The van der Waals surface area contributed by atoms with Crippen LogP contribution in [0, 0.1) is 19.3 Å². The number of terminal acetylenes is 1. The third-order valence-corrected chi connectivity index (χ3v) is 2.05. The van der Waals surface area contributed by atoms with Gasteiger partial charge in [0.2, 0.25) is 0 Å². The van der Waals surface area contributed by atoms with Crippen LogP contribution < -0.4 is 10.6 Å². The summed E-state index contributed by atoms with van der Waals surface area (Å²) in [4.78, 5) is 8.78. The van der Waals surface area contributed by atoms with Crippen molar-refractivity contribution < 1.29 is 0 Å². The van der Waals surface area contributed by atoms with Crippen molar-refractivity contribution in [3.05, 3.63) is 29.6 Å². The van der Waals surface area contributed by atoms with Crippen molar-refractivity contribution in [3.8, 4) is 12.3 Å². The third-order valence-electron chi connectivity index (χ3n) is 2.05. The van der Waals surface area contributed by atoms with Crippen LogP contribution in [0.25, 0.3) is 0 Å². The molecule has 2 N–H and O–H groups in total. The van der Waals surface area contributed by atoms with E-state index in [4.69, 9.17) is 6.42 Å². The van der Waals surface area contributed by atoms with Crippen molar-refractivity contribution >= 4 is 29.9 Å². The van der Waals surface area contributed by atoms with Crippen LogP contribution in [0.5, 0.6) is 0 Å². The molecule has 0 aliphatic rings. The second-order valence-corrected chi connectivity index (χ2v) is 3.52. The lowest BCUT2D eigenvalue weighted by Gasteiger charge is -2.08. The number of halogens is 1. The van der Waals surface area contributed by atoms with Crippen LogP contribution in [0.1, 0.15) is 18.3 Å². The maximum Gasteiger partial charge on any atom is 0.192 e. The summed E-state index contributed by atoms with van der Waals surface area (Å²) >= 11 is 0. The van der Waals surface area contributed by atoms with Gasteiger partial charge in [-0.1, -0.05) is 12.0 Å². The lowest BCUT2D eigenvalue weighted by atomic mass is 10.3. The standard InChI is InChI=1S/C13H18N4.HI/c1-4-9-15-13(14-5-2)16-10-12-8-6-7-11(3)17-12;/h1,6-8H,5,9-10H2,2-3H3,(H2,14,15,16);1H. The molecule has 0 saturated heterocycles. The van der Waals surface area contributed by atoms with Gasteiger partial charge in [-0.25, -0.2) is 4.99 Å². The Morgan fingerprint density at radius 2 is 2.22 bits per heavy atom. The molecule has 18 heavy (non-hydrogen) atoms. The molecule has 1 aromatic heterocycles. The molecule has 0 spiro atoms. The molecule has 0 aliphatic heterocycles. The van der Waals surface area contributed by atoms with Gasteiger partial charge in [0.1, 0.15) is 0 Å². The van der Waals surface area contributed by atoms with Crippen molar-refractivity contribution in [3.63, 3.8) is 0 Å². The second kappa shape index (κ2) is 9.71. The van der Waals surface area contributed by atoms with E-state index in [0.29, 0.717) is 19.0 Å². The van der Waals surface area contributed by atoms with E-state index >= 15 is 0 Å². The average Bonchev–Trinajstić information content (AvgIpc) is 2.33. The summed E-state index contributed by atoms with van der Waals surface area (Å²) in [5, 5.41) is 6.15. The molecule has 0 amide bonds. The fraction of sp³-hybridized carbons (Fsp3) is 0.385. The number of hydrogen-bond donors (Lipinski definition) is 2. The third kappa shape index (κ3) is 6.45. The molecule has 1 heterocycles. The van der Waals surface area contributed by atoms with E-state index in [1.54, 1.807) is 0 Å². The van der Waals surface area contributed by atoms with Gasteiger partial charge in [0.25, 0.3) is 0 Å². The predicted molar refractivity (Wildman–Crippen MR) is 86.0 cm³/mol. The van der Waals surface area contributed by atoms with Gasteiger partial charge < -0.3 is 10.6 Å². The second-order valence-electron chi connectivity index (χ2n) is 3.52. The van der Waals surface area contributed by atoms with E-state index in [9.17, 15) is 0 Å². The summed E-state index contributed by atoms with van der Waals surface area (Å²) in [6.07, 6.45) is 5.19. The van der Waals surface area contributed by atoms with E-state index in [2.05, 4.69) is 26.5 Å². The van der Waals surface area contributed by atoms with Crippen molar-refractivity contribution in [1.82, 2.24) is 15.6 Å². The highest BCUT2D eigenvalue weighted by Crippen LogP contribution is 1.99. The highest BCUT2D eigenvalue weighted by atomic mass is 127. The van der Waals surface area contributed by atoms with Crippen LogP contribution in [0.4, 0.5) is 0 Å². The molecular formula is C13H19IN4. The Hall–Kier alpha value is -1.29. The van der Waals surface area contributed by atoms with Crippen molar-refractivity contribution in [2.24, 2.45) is 4.99 Å². The first-order valence-corrected chi connectivity index (χ1v) is 5.64. The Bertz CT molecular complexity index is 423. The topological polar surface area (TPSA) is 49.3 Å². The number of guanidine groups is 1. The first kappa shape index (κ1) is 16.7. The molecule has 4 nitrogen and oxygen atoms in total. The van der Waals surface area contributed by atoms with Gasteiger partial charge in [-0.05, 0) is 26.0 Å². The van der Waals surface area contributed by atoms with Crippen LogP contribution in [0.2, 0.25) is 0 Å². The molecular weight excluding hydrogens is 339 g/mol. The Morgan fingerprint density at radius 3 is 2.83 bits per heavy atom. The number of rotatable bonds is 4. The maximum absolute atomic E-state index is 5.19. The Morgan fingerprint density at radius 1 is 1.44 bits per heavy atom. The van der Waals surface area contributed by atoms with E-state index in [1.807, 2.05) is 32.0 Å². The number of pyridine rings is 1. The maximum atomic E-state index is 5.19. The SMILES string of the molecule is C#CCNC(=NCc1cccc(C)n1)NCC.I. The molecule has 0 saturated carbocycles. The highest BCUT2D eigenvalue weighted by Gasteiger charge is 1.97. The molecule has 0 aromatic carbocycles. The number of nitrogens with zero attached hydrogens (tertiary/aromatic N) is 2. The Balaban J connectivity index is 0.00000289. The van der Waals surface area contributed by atoms with E-state index in [-0.39, 0.29) is 24.0 Å². The number of aromatic nitrogens is 1. The number of nitrogens with one attached hydrogen (secondary N) is 2. The summed E-state index contributed by atoms with van der Waals surface area (Å²) in [5.41, 5.74) is 1.95. The molecule has 0 atom stereocenters. The van der Waals surface area contributed by atoms with Gasteiger partial charge in [0, 0.05) is 12.2 Å². The summed E-state index contributed by atoms with van der Waals surface area (Å²) in [7, 11) is 0. The monoisotopic (exact) mass is 358 g/mol. The van der Waals surface area contributed by atoms with Gasteiger partial charge >= 0.3 is 0 Å². The van der Waals surface area contributed by atoms with E-state index < -0.39 is 0 Å². The lowest BCUT2D eigenvalue weighted by Crippen LogP contribution is -2.37. The zero-order chi connectivity index (χ0) is 12.5. The number of aliphatic imine (C=N–C) groups is 1. The zero-order valence-corrected chi connectivity index (χ0v) is 13.1. The predicted octanol–water partition coefficient (Wildman–Crippen LogP) is 1.70. The minimum Gasteiger partial charge on any atom is -0.357 e. The van der Waals surface area contributed by atoms with Crippen molar-refractivity contribution in [2.45, 2.75) is 20.4 Å². The summed E-state index contributed by atoms with van der Waals surface area (Å²) in [6.45, 7) is 5.79. The Labute approximate surface area is 126 Å². The zero-order valence-electron chi connectivity index (χ0n) is 10.7. The average molecular weight is 358 g/mol. The molecule has 5 heteroatoms. The molecule has 0 radical (unpaired) electrons. The lowest BCUT2D eigenvalue weighted by molar-refractivity contribution is 0.855. The first-order valence-electron chi connectivity index (χ1n) is 5.64. The van der Waals surface area contributed by atoms with Crippen molar-refractivity contribution in [1.29, 1.82) is 0 Å². The molecule has 1 rings (SSSR count). The minimum atomic E-state index is 0. The fourth-order valence-electron chi connectivity index (χ4n) is 1.32. The van der Waals surface area contributed by atoms with Crippen LogP contribution in [-0.4, -0.2) is 24.0 Å². The molecule has 98 valence electrons. The molecule has 0 bridgehead atoms. The van der Waals surface area contributed by atoms with Crippen molar-refractivity contribution in [2.75, 3.05) is 13.1 Å². The highest BCUT2D eigenvalue weighted by molar-refractivity contribution is 14.0. The van der Waals surface area contributed by atoms with Gasteiger partial charge in [-0.3, -0.25) is 4.98 Å². The molecule has 1 aromatic rings. The number of hydrogen-bond acceptors (Lipinski definition) is 2. The Kier molecular flexibility index (Phi) is 9.01.